The maximum Gasteiger partial charge on any atom is 0.311 e. The van der Waals surface area contributed by atoms with E-state index in [9.17, 15) is 9.50 Å². The Morgan fingerprint density at radius 2 is 1.85 bits per heavy atom. The van der Waals surface area contributed by atoms with Crippen LogP contribution in [0.1, 0.15) is 5.69 Å². The highest BCUT2D eigenvalue weighted by molar-refractivity contribution is 5.91. The van der Waals surface area contributed by atoms with Crippen LogP contribution < -0.4 is 10.1 Å². The van der Waals surface area contributed by atoms with Gasteiger partial charge in [0.15, 0.2) is 0 Å². The Balaban J connectivity index is 1.52. The van der Waals surface area contributed by atoms with Crippen molar-refractivity contribution >= 4 is 22.4 Å². The second-order valence-corrected chi connectivity index (χ2v) is 5.80. The van der Waals surface area contributed by atoms with Gasteiger partial charge in [-0.05, 0) is 54.6 Å². The number of halogens is 1. The summed E-state index contributed by atoms with van der Waals surface area (Å²) >= 11 is 0. The van der Waals surface area contributed by atoms with Gasteiger partial charge in [-0.25, -0.2) is 4.98 Å². The molecule has 2 N–H and O–H groups in total. The molecule has 0 amide bonds. The Bertz CT molecular complexity index is 1070. The number of hydrogen-bond donors (Lipinski definition) is 2. The van der Waals surface area contributed by atoms with Gasteiger partial charge in [0.05, 0.1) is 11.2 Å². The number of ether oxygens (including phenoxy) is 1. The lowest BCUT2D eigenvalue weighted by atomic mass is 10.2. The zero-order valence-corrected chi connectivity index (χ0v) is 14.1. The Hall–Kier alpha value is -3.74. The van der Waals surface area contributed by atoms with E-state index < -0.39 is 6.08 Å². The maximum absolute atomic E-state index is 13.7. The maximum atomic E-state index is 13.7. The number of anilines is 2. The van der Waals surface area contributed by atoms with E-state index in [-0.39, 0.29) is 11.6 Å². The first-order valence-electron chi connectivity index (χ1n) is 8.23. The molecular weight excluding hydrogens is 347 g/mol. The molecule has 134 valence electrons. The van der Waals surface area contributed by atoms with E-state index in [1.165, 1.54) is 18.2 Å². The molecule has 27 heavy (non-hydrogen) atoms. The largest absolute Gasteiger partial charge is 0.508 e. The van der Waals surface area contributed by atoms with Crippen LogP contribution in [0.25, 0.3) is 10.9 Å². The van der Waals surface area contributed by atoms with E-state index in [1.807, 2.05) is 18.2 Å². The fourth-order valence-corrected chi connectivity index (χ4v) is 2.60. The third-order valence-corrected chi connectivity index (χ3v) is 3.88. The summed E-state index contributed by atoms with van der Waals surface area (Å²) in [6, 6.07) is 17.3. The van der Waals surface area contributed by atoms with E-state index in [0.29, 0.717) is 28.9 Å². The predicted octanol–water partition coefficient (Wildman–Crippen LogP) is 4.19. The summed E-state index contributed by atoms with van der Waals surface area (Å²) in [6.07, 6.45) is 0.875. The quantitative estimate of drug-likeness (QED) is 0.518. The first kappa shape index (κ1) is 16.7. The third kappa shape index (κ3) is 3.92. The number of phenols is 1. The molecule has 0 spiro atoms. The zero-order valence-electron chi connectivity index (χ0n) is 14.1. The molecule has 2 aromatic carbocycles. The minimum absolute atomic E-state index is 0.0547. The average molecular weight is 362 g/mol. The van der Waals surface area contributed by atoms with Gasteiger partial charge >= 0.3 is 6.08 Å². The van der Waals surface area contributed by atoms with Gasteiger partial charge in [-0.1, -0.05) is 6.07 Å². The van der Waals surface area contributed by atoms with Gasteiger partial charge in [-0.3, -0.25) is 4.98 Å². The van der Waals surface area contributed by atoms with Crippen molar-refractivity contribution in [2.45, 2.75) is 6.61 Å². The lowest BCUT2D eigenvalue weighted by Gasteiger charge is -2.10. The van der Waals surface area contributed by atoms with Crippen LogP contribution in [0.5, 0.6) is 11.5 Å². The minimum atomic E-state index is -0.842. The number of nitrogens with zero attached hydrogens (tertiary/aromatic N) is 3. The molecule has 0 aliphatic carbocycles. The van der Waals surface area contributed by atoms with Crippen molar-refractivity contribution in [1.82, 2.24) is 15.0 Å². The third-order valence-electron chi connectivity index (χ3n) is 3.88. The lowest BCUT2D eigenvalue weighted by molar-refractivity contribution is 0.301. The van der Waals surface area contributed by atoms with Gasteiger partial charge in [0, 0.05) is 17.3 Å². The number of aromatic nitrogens is 3. The van der Waals surface area contributed by atoms with Crippen molar-refractivity contribution in [3.8, 4) is 11.5 Å². The zero-order chi connectivity index (χ0) is 18.6. The summed E-state index contributed by atoms with van der Waals surface area (Å²) in [5, 5.41) is 13.2. The van der Waals surface area contributed by atoms with E-state index in [2.05, 4.69) is 20.3 Å². The molecule has 0 saturated heterocycles. The van der Waals surface area contributed by atoms with Gasteiger partial charge in [-0.2, -0.15) is 9.37 Å². The SMILES string of the molecule is Oc1ccc2nc(F)nc(Nc3ccc(OCc4ccccn4)cc3)c2c1. The molecule has 0 atom stereocenters. The minimum Gasteiger partial charge on any atom is -0.508 e. The van der Waals surface area contributed by atoms with Crippen LogP contribution in [0.2, 0.25) is 0 Å². The van der Waals surface area contributed by atoms with Gasteiger partial charge in [-0.15, -0.1) is 0 Å². The van der Waals surface area contributed by atoms with Crippen LogP contribution in [-0.4, -0.2) is 20.1 Å². The number of phenolic OH excluding ortho intramolecular Hbond substituents is 1. The number of rotatable bonds is 5. The fourth-order valence-electron chi connectivity index (χ4n) is 2.60. The number of pyridine rings is 1. The van der Waals surface area contributed by atoms with E-state index >= 15 is 0 Å². The smallest absolute Gasteiger partial charge is 0.311 e. The normalized spacial score (nSPS) is 10.7. The number of nitrogens with one attached hydrogen (secondary N) is 1. The van der Waals surface area contributed by atoms with Crippen LogP contribution in [-0.2, 0) is 6.61 Å². The van der Waals surface area contributed by atoms with Crippen LogP contribution in [0.3, 0.4) is 0 Å². The van der Waals surface area contributed by atoms with Crippen molar-refractivity contribution in [2.75, 3.05) is 5.32 Å². The Morgan fingerprint density at radius 1 is 1.00 bits per heavy atom. The van der Waals surface area contributed by atoms with Crippen molar-refractivity contribution in [2.24, 2.45) is 0 Å². The van der Waals surface area contributed by atoms with Crippen molar-refractivity contribution < 1.29 is 14.2 Å². The van der Waals surface area contributed by atoms with Crippen LogP contribution in [0.4, 0.5) is 15.9 Å². The van der Waals surface area contributed by atoms with Crippen molar-refractivity contribution in [3.63, 3.8) is 0 Å². The summed E-state index contributed by atoms with van der Waals surface area (Å²) in [5.74, 6) is 1.01. The molecule has 7 heteroatoms. The molecular formula is C20H15FN4O2. The molecule has 0 unspecified atom stereocenters. The Labute approximate surface area is 154 Å². The standard InChI is InChI=1S/C20H15FN4O2/c21-20-24-18-9-6-15(26)11-17(18)19(25-20)23-13-4-7-16(8-5-13)27-12-14-3-1-2-10-22-14/h1-11,26H,12H2,(H,23,24,25). The average Bonchev–Trinajstić information content (AvgIpc) is 2.69. The summed E-state index contributed by atoms with van der Waals surface area (Å²) in [4.78, 5) is 11.7. The van der Waals surface area contributed by atoms with E-state index in [4.69, 9.17) is 4.74 Å². The first-order valence-corrected chi connectivity index (χ1v) is 8.23. The number of aromatic hydroxyl groups is 1. The lowest BCUT2D eigenvalue weighted by Crippen LogP contribution is -2.00. The summed E-state index contributed by atoms with van der Waals surface area (Å²) in [6.45, 7) is 0.370. The van der Waals surface area contributed by atoms with Crippen molar-refractivity contribution in [3.05, 3.63) is 78.6 Å². The second kappa shape index (κ2) is 7.25. The topological polar surface area (TPSA) is 80.2 Å². The molecule has 4 aromatic rings. The molecule has 0 saturated carbocycles. The van der Waals surface area contributed by atoms with Gasteiger partial charge < -0.3 is 15.2 Å². The molecule has 0 aliphatic heterocycles. The highest BCUT2D eigenvalue weighted by Crippen LogP contribution is 2.27. The predicted molar refractivity (Wildman–Crippen MR) is 99.5 cm³/mol. The first-order chi connectivity index (χ1) is 13.2. The number of fused-ring (bicyclic) bond motifs is 1. The molecule has 6 nitrogen and oxygen atoms in total. The fraction of sp³-hybridized carbons (Fsp3) is 0.0500. The number of benzene rings is 2. The van der Waals surface area contributed by atoms with Gasteiger partial charge in [0.25, 0.3) is 0 Å². The van der Waals surface area contributed by atoms with E-state index in [0.717, 1.165) is 5.69 Å². The van der Waals surface area contributed by atoms with Crippen molar-refractivity contribution in [1.29, 1.82) is 0 Å². The van der Waals surface area contributed by atoms with Crippen LogP contribution in [0.15, 0.2) is 66.9 Å². The summed E-state index contributed by atoms with van der Waals surface area (Å²) in [5.41, 5.74) is 1.93. The molecule has 0 aliphatic rings. The van der Waals surface area contributed by atoms with Gasteiger partial charge in [0.1, 0.15) is 23.9 Å². The van der Waals surface area contributed by atoms with Gasteiger partial charge in [0.2, 0.25) is 0 Å². The second-order valence-electron chi connectivity index (χ2n) is 5.80. The molecule has 0 fully saturated rings. The van der Waals surface area contributed by atoms with Crippen LogP contribution >= 0.6 is 0 Å². The summed E-state index contributed by atoms with van der Waals surface area (Å²) < 4.78 is 19.4. The molecule has 0 radical (unpaired) electrons. The van der Waals surface area contributed by atoms with E-state index in [1.54, 1.807) is 30.5 Å². The molecule has 2 aromatic heterocycles. The summed E-state index contributed by atoms with van der Waals surface area (Å²) in [7, 11) is 0. The molecule has 0 bridgehead atoms. The molecule has 2 heterocycles. The number of hydrogen-bond acceptors (Lipinski definition) is 6. The highest BCUT2D eigenvalue weighted by Gasteiger charge is 2.09. The van der Waals surface area contributed by atoms with Crippen LogP contribution in [0, 0.1) is 6.08 Å². The Kier molecular flexibility index (Phi) is 4.49. The molecule has 4 rings (SSSR count). The monoisotopic (exact) mass is 362 g/mol. The Morgan fingerprint density at radius 3 is 2.63 bits per heavy atom. The highest BCUT2D eigenvalue weighted by atomic mass is 19.1.